The molecule has 3 aromatic carbocycles. The van der Waals surface area contributed by atoms with E-state index >= 15 is 0 Å². The lowest BCUT2D eigenvalue weighted by molar-refractivity contribution is 0.0589. The van der Waals surface area contributed by atoms with E-state index in [2.05, 4.69) is 5.32 Å². The molecule has 5 nitrogen and oxygen atoms in total. The summed E-state index contributed by atoms with van der Waals surface area (Å²) < 4.78 is 37.8. The van der Waals surface area contributed by atoms with Crippen LogP contribution >= 0.6 is 0 Å². The fourth-order valence-corrected chi connectivity index (χ4v) is 3.71. The molecule has 1 saturated heterocycles. The number of hydrogen-bond acceptors (Lipinski definition) is 4. The Morgan fingerprint density at radius 3 is 2.41 bits per heavy atom. The third-order valence-electron chi connectivity index (χ3n) is 5.44. The Balaban J connectivity index is 1.40. The van der Waals surface area contributed by atoms with Crippen LogP contribution in [0.4, 0.5) is 20.2 Å². The number of hydrogen-bond donors (Lipinski definition) is 1. The molecule has 1 aliphatic heterocycles. The standard InChI is InChI=1S/C25H24F2N2O3/c1-31-19-9-7-18(8-10-19)28-23-5-3-2-4-21(23)25(30)29-14-12-20(13-15-29)32-24-11-6-17(26)16-22(24)27/h2-11,16,20,28H,12-15H2,1H3. The Hall–Kier alpha value is -3.61. The highest BCUT2D eigenvalue weighted by Gasteiger charge is 2.26. The summed E-state index contributed by atoms with van der Waals surface area (Å²) in [5.41, 5.74) is 2.14. The van der Waals surface area contributed by atoms with Gasteiger partial charge in [-0.2, -0.15) is 0 Å². The molecule has 4 rings (SSSR count). The number of methoxy groups -OCH3 is 1. The first-order valence-corrected chi connectivity index (χ1v) is 10.4. The highest BCUT2D eigenvalue weighted by Crippen LogP contribution is 2.27. The minimum atomic E-state index is -0.720. The molecule has 0 saturated carbocycles. The second kappa shape index (κ2) is 9.68. The summed E-state index contributed by atoms with van der Waals surface area (Å²) >= 11 is 0. The van der Waals surface area contributed by atoms with E-state index in [1.54, 1.807) is 18.1 Å². The molecule has 0 aromatic heterocycles. The van der Waals surface area contributed by atoms with Crippen molar-refractivity contribution < 1.29 is 23.0 Å². The van der Waals surface area contributed by atoms with Crippen molar-refractivity contribution in [3.8, 4) is 11.5 Å². The lowest BCUT2D eigenvalue weighted by atomic mass is 10.0. The predicted octanol–water partition coefficient (Wildman–Crippen LogP) is 5.40. The average molecular weight is 438 g/mol. The van der Waals surface area contributed by atoms with Gasteiger partial charge in [-0.1, -0.05) is 12.1 Å². The maximum atomic E-state index is 13.9. The minimum absolute atomic E-state index is 0.0326. The van der Waals surface area contributed by atoms with Crippen molar-refractivity contribution in [2.24, 2.45) is 0 Å². The topological polar surface area (TPSA) is 50.8 Å². The van der Waals surface area contributed by atoms with Gasteiger partial charge in [0, 0.05) is 37.7 Å². The van der Waals surface area contributed by atoms with Crippen molar-refractivity contribution in [1.82, 2.24) is 4.90 Å². The van der Waals surface area contributed by atoms with Gasteiger partial charge in [0.05, 0.1) is 18.4 Å². The van der Waals surface area contributed by atoms with E-state index in [-0.39, 0.29) is 17.8 Å². The first kappa shape index (κ1) is 21.6. The number of carbonyl (C=O) groups excluding carboxylic acids is 1. The Bertz CT molecular complexity index is 1080. The van der Waals surface area contributed by atoms with Crippen molar-refractivity contribution in [2.45, 2.75) is 18.9 Å². The molecule has 32 heavy (non-hydrogen) atoms. The number of nitrogens with one attached hydrogen (secondary N) is 1. The quantitative estimate of drug-likeness (QED) is 0.560. The van der Waals surface area contributed by atoms with Crippen LogP contribution in [0.1, 0.15) is 23.2 Å². The molecular weight excluding hydrogens is 414 g/mol. The van der Waals surface area contributed by atoms with Gasteiger partial charge in [0.2, 0.25) is 0 Å². The highest BCUT2D eigenvalue weighted by molar-refractivity contribution is 6.00. The Morgan fingerprint density at radius 1 is 1.00 bits per heavy atom. The number of nitrogens with zero attached hydrogens (tertiary/aromatic N) is 1. The van der Waals surface area contributed by atoms with E-state index in [0.29, 0.717) is 31.5 Å². The number of rotatable bonds is 6. The number of benzene rings is 3. The first-order chi connectivity index (χ1) is 15.5. The van der Waals surface area contributed by atoms with E-state index in [0.717, 1.165) is 23.2 Å². The van der Waals surface area contributed by atoms with E-state index < -0.39 is 11.6 Å². The molecule has 1 fully saturated rings. The molecular formula is C25H24F2N2O3. The number of likely N-dealkylation sites (tertiary alicyclic amines) is 1. The zero-order chi connectivity index (χ0) is 22.5. The van der Waals surface area contributed by atoms with Gasteiger partial charge in [-0.25, -0.2) is 8.78 Å². The third kappa shape index (κ3) is 4.99. The molecule has 1 aliphatic rings. The molecule has 1 N–H and O–H groups in total. The number of halogens is 2. The van der Waals surface area contributed by atoms with Crippen LogP contribution in [0.3, 0.4) is 0 Å². The molecule has 0 spiro atoms. The largest absolute Gasteiger partial charge is 0.497 e. The summed E-state index contributed by atoms with van der Waals surface area (Å²) in [6.45, 7) is 0.979. The molecule has 0 aliphatic carbocycles. The number of anilines is 2. The Labute approximate surface area is 185 Å². The molecule has 7 heteroatoms. The molecule has 0 unspecified atom stereocenters. The van der Waals surface area contributed by atoms with Crippen LogP contribution in [0.15, 0.2) is 66.7 Å². The van der Waals surface area contributed by atoms with Crippen molar-refractivity contribution in [1.29, 1.82) is 0 Å². The van der Waals surface area contributed by atoms with Crippen molar-refractivity contribution in [3.05, 3.63) is 83.9 Å². The van der Waals surface area contributed by atoms with E-state index in [9.17, 15) is 13.6 Å². The second-order valence-corrected chi connectivity index (χ2v) is 7.58. The predicted molar refractivity (Wildman–Crippen MR) is 119 cm³/mol. The van der Waals surface area contributed by atoms with Crippen LogP contribution in [0.2, 0.25) is 0 Å². The number of piperidine rings is 1. The van der Waals surface area contributed by atoms with E-state index in [4.69, 9.17) is 9.47 Å². The summed E-state index contributed by atoms with van der Waals surface area (Å²) in [4.78, 5) is 15.0. The van der Waals surface area contributed by atoms with Gasteiger partial charge >= 0.3 is 0 Å². The Morgan fingerprint density at radius 2 is 1.72 bits per heavy atom. The zero-order valence-corrected chi connectivity index (χ0v) is 17.7. The molecule has 0 radical (unpaired) electrons. The smallest absolute Gasteiger partial charge is 0.255 e. The van der Waals surface area contributed by atoms with E-state index in [1.165, 1.54) is 12.1 Å². The zero-order valence-electron chi connectivity index (χ0n) is 17.7. The number of para-hydroxylation sites is 1. The summed E-state index contributed by atoms with van der Waals surface area (Å²) in [6.07, 6.45) is 0.902. The van der Waals surface area contributed by atoms with E-state index in [1.807, 2.05) is 42.5 Å². The fourth-order valence-electron chi connectivity index (χ4n) is 3.71. The fraction of sp³-hybridized carbons (Fsp3) is 0.240. The maximum Gasteiger partial charge on any atom is 0.255 e. The monoisotopic (exact) mass is 438 g/mol. The number of ether oxygens (including phenoxy) is 2. The first-order valence-electron chi connectivity index (χ1n) is 10.4. The molecule has 3 aromatic rings. The second-order valence-electron chi connectivity index (χ2n) is 7.58. The average Bonchev–Trinajstić information content (AvgIpc) is 2.82. The van der Waals surface area contributed by atoms with Crippen molar-refractivity contribution in [2.75, 3.05) is 25.5 Å². The van der Waals surface area contributed by atoms with Gasteiger partial charge in [0.15, 0.2) is 11.6 Å². The number of amides is 1. The molecule has 166 valence electrons. The molecule has 0 bridgehead atoms. The van der Waals surface area contributed by atoms with Crippen LogP contribution in [0, 0.1) is 11.6 Å². The van der Waals surface area contributed by atoms with Gasteiger partial charge in [-0.3, -0.25) is 4.79 Å². The van der Waals surface area contributed by atoms with Crippen molar-refractivity contribution in [3.63, 3.8) is 0 Å². The van der Waals surface area contributed by atoms with Crippen LogP contribution in [-0.4, -0.2) is 37.1 Å². The SMILES string of the molecule is COc1ccc(Nc2ccccc2C(=O)N2CCC(Oc3ccc(F)cc3F)CC2)cc1. The molecule has 0 atom stereocenters. The Kier molecular flexibility index (Phi) is 6.54. The van der Waals surface area contributed by atoms with Gasteiger partial charge in [0.1, 0.15) is 17.7 Å². The van der Waals surface area contributed by atoms with Gasteiger partial charge < -0.3 is 19.7 Å². The molecule has 1 amide bonds. The number of carbonyl (C=O) groups is 1. The molecule has 1 heterocycles. The van der Waals surface area contributed by atoms with Crippen LogP contribution in [0.5, 0.6) is 11.5 Å². The summed E-state index contributed by atoms with van der Waals surface area (Å²) in [6, 6.07) is 18.1. The van der Waals surface area contributed by atoms with Gasteiger partial charge in [-0.15, -0.1) is 0 Å². The van der Waals surface area contributed by atoms with Gasteiger partial charge in [0.25, 0.3) is 5.91 Å². The highest BCUT2D eigenvalue weighted by atomic mass is 19.1. The van der Waals surface area contributed by atoms with Crippen molar-refractivity contribution >= 4 is 17.3 Å². The maximum absolute atomic E-state index is 13.9. The lowest BCUT2D eigenvalue weighted by Crippen LogP contribution is -2.42. The lowest BCUT2D eigenvalue weighted by Gasteiger charge is -2.32. The summed E-state index contributed by atoms with van der Waals surface area (Å²) in [7, 11) is 1.61. The van der Waals surface area contributed by atoms with Crippen LogP contribution in [0.25, 0.3) is 0 Å². The minimum Gasteiger partial charge on any atom is -0.497 e. The third-order valence-corrected chi connectivity index (χ3v) is 5.44. The van der Waals surface area contributed by atoms with Crippen LogP contribution < -0.4 is 14.8 Å². The summed E-state index contributed by atoms with van der Waals surface area (Å²) in [5, 5.41) is 3.30. The normalized spacial score (nSPS) is 14.2. The van der Waals surface area contributed by atoms with Crippen LogP contribution in [-0.2, 0) is 0 Å². The van der Waals surface area contributed by atoms with Gasteiger partial charge in [-0.05, 0) is 48.5 Å². The summed E-state index contributed by atoms with van der Waals surface area (Å²) in [5.74, 6) is -0.650.